The van der Waals surface area contributed by atoms with Crippen molar-refractivity contribution in [1.29, 1.82) is 0 Å². The smallest absolute Gasteiger partial charge is 0.299 e. The summed E-state index contributed by atoms with van der Waals surface area (Å²) in [5.41, 5.74) is -2.63. The van der Waals surface area contributed by atoms with Crippen LogP contribution in [0.3, 0.4) is 0 Å². The van der Waals surface area contributed by atoms with Crippen molar-refractivity contribution in [3.05, 3.63) is 73.6 Å². The highest BCUT2D eigenvalue weighted by Gasteiger charge is 2.30. The van der Waals surface area contributed by atoms with E-state index in [0.29, 0.717) is 12.1 Å². The molecule has 7 nitrogen and oxygen atoms in total. The minimum Gasteiger partial charge on any atom is -0.379 e. The number of nitrogens with one attached hydrogen (secondary N) is 1. The zero-order chi connectivity index (χ0) is 19.6. The van der Waals surface area contributed by atoms with Gasteiger partial charge in [0.15, 0.2) is 0 Å². The van der Waals surface area contributed by atoms with Gasteiger partial charge in [0.05, 0.1) is 15.9 Å². The van der Waals surface area contributed by atoms with Crippen LogP contribution >= 0.6 is 0 Å². The molecular weight excluding hydrogens is 355 g/mol. The lowest BCUT2D eigenvalue weighted by molar-refractivity contribution is -0.393. The summed E-state index contributed by atoms with van der Waals surface area (Å²) < 4.78 is 41.0. The average molecular weight is 369 g/mol. The molecule has 2 aromatic rings. The van der Waals surface area contributed by atoms with E-state index < -0.39 is 44.1 Å². The molecule has 0 aliphatic rings. The molecular formula is C16H14F3N3O4. The van der Waals surface area contributed by atoms with Crippen LogP contribution in [0.25, 0.3) is 0 Å². The fourth-order valence-electron chi connectivity index (χ4n) is 2.53. The second kappa shape index (κ2) is 6.98. The number of anilines is 1. The van der Waals surface area contributed by atoms with E-state index in [1.165, 1.54) is 13.8 Å². The van der Waals surface area contributed by atoms with E-state index in [1.807, 2.05) is 0 Å². The van der Waals surface area contributed by atoms with Gasteiger partial charge < -0.3 is 5.32 Å². The van der Waals surface area contributed by atoms with Gasteiger partial charge in [-0.25, -0.2) is 13.2 Å². The van der Waals surface area contributed by atoms with Gasteiger partial charge in [-0.15, -0.1) is 0 Å². The summed E-state index contributed by atoms with van der Waals surface area (Å²) >= 11 is 0. The van der Waals surface area contributed by atoms with Gasteiger partial charge in [-0.2, -0.15) is 0 Å². The molecule has 0 saturated carbocycles. The molecule has 0 aliphatic heterocycles. The number of nitro groups is 2. The van der Waals surface area contributed by atoms with Gasteiger partial charge in [0, 0.05) is 35.7 Å². The molecule has 0 saturated heterocycles. The first-order valence-electron chi connectivity index (χ1n) is 7.34. The number of nitrogens with zero attached hydrogens (tertiary/aromatic N) is 2. The van der Waals surface area contributed by atoms with Crippen LogP contribution in [0.5, 0.6) is 0 Å². The van der Waals surface area contributed by atoms with E-state index in [9.17, 15) is 33.4 Å². The summed E-state index contributed by atoms with van der Waals surface area (Å²) in [6.07, 6.45) is 0. The zero-order valence-corrected chi connectivity index (χ0v) is 13.8. The van der Waals surface area contributed by atoms with Crippen LogP contribution in [-0.4, -0.2) is 16.4 Å². The van der Waals surface area contributed by atoms with Crippen molar-refractivity contribution in [1.82, 2.24) is 0 Å². The summed E-state index contributed by atoms with van der Waals surface area (Å²) in [6, 6.07) is 4.10. The first-order chi connectivity index (χ1) is 12.0. The maximum Gasteiger partial charge on any atom is 0.299 e. The zero-order valence-electron chi connectivity index (χ0n) is 13.8. The number of halogens is 3. The van der Waals surface area contributed by atoms with Crippen molar-refractivity contribution in [3.63, 3.8) is 0 Å². The van der Waals surface area contributed by atoms with Crippen LogP contribution in [0, 0.1) is 37.7 Å². The topological polar surface area (TPSA) is 98.3 Å². The first kappa shape index (κ1) is 19.2. The molecule has 1 N–H and O–H groups in total. The molecule has 0 aromatic heterocycles. The molecule has 26 heavy (non-hydrogen) atoms. The lowest BCUT2D eigenvalue weighted by Crippen LogP contribution is -2.30. The van der Waals surface area contributed by atoms with Gasteiger partial charge in [0.25, 0.3) is 11.4 Å². The molecule has 0 heterocycles. The summed E-state index contributed by atoms with van der Waals surface area (Å²) in [5.74, 6) is -3.21. The molecule has 0 bridgehead atoms. The molecule has 0 radical (unpaired) electrons. The standard InChI is InChI=1S/C16H14F3N3O4/c1-16(2,15-11(18)5-9(17)6-12(15)19)8-20-13-4-3-10(21(23)24)7-14(13)22(25)26/h3-7,20H,8H2,1-2H3. The van der Waals surface area contributed by atoms with Gasteiger partial charge >= 0.3 is 0 Å². The third-order valence-corrected chi connectivity index (χ3v) is 3.79. The third kappa shape index (κ3) is 3.90. The van der Waals surface area contributed by atoms with E-state index in [1.54, 1.807) is 0 Å². The fourth-order valence-corrected chi connectivity index (χ4v) is 2.53. The van der Waals surface area contributed by atoms with Crippen LogP contribution < -0.4 is 5.32 Å². The Morgan fingerprint density at radius 3 is 2.08 bits per heavy atom. The molecule has 10 heteroatoms. The SMILES string of the molecule is CC(C)(CNc1ccc([N+](=O)[O-])cc1[N+](=O)[O-])c1c(F)cc(F)cc1F. The van der Waals surface area contributed by atoms with Crippen LogP contribution in [0.2, 0.25) is 0 Å². The van der Waals surface area contributed by atoms with Gasteiger partial charge in [0.2, 0.25) is 0 Å². The first-order valence-corrected chi connectivity index (χ1v) is 7.34. The monoisotopic (exact) mass is 369 g/mol. The van der Waals surface area contributed by atoms with E-state index >= 15 is 0 Å². The molecule has 2 rings (SSSR count). The summed E-state index contributed by atoms with van der Waals surface area (Å²) in [6.45, 7) is 2.79. The second-order valence-electron chi connectivity index (χ2n) is 6.20. The molecule has 0 aliphatic carbocycles. The predicted octanol–water partition coefficient (Wildman–Crippen LogP) is 4.31. The van der Waals surface area contributed by atoms with Crippen molar-refractivity contribution in [2.75, 3.05) is 11.9 Å². The minimum absolute atomic E-state index is 0.0448. The summed E-state index contributed by atoms with van der Waals surface area (Å²) in [5, 5.41) is 24.5. The average Bonchev–Trinajstić information content (AvgIpc) is 2.51. The van der Waals surface area contributed by atoms with E-state index in [-0.39, 0.29) is 17.8 Å². The van der Waals surface area contributed by atoms with Crippen LogP contribution in [0.1, 0.15) is 19.4 Å². The molecule has 0 fully saturated rings. The van der Waals surface area contributed by atoms with Gasteiger partial charge in [-0.05, 0) is 6.07 Å². The Bertz CT molecular complexity index is 864. The largest absolute Gasteiger partial charge is 0.379 e. The van der Waals surface area contributed by atoms with Crippen molar-refractivity contribution in [2.45, 2.75) is 19.3 Å². The van der Waals surface area contributed by atoms with E-state index in [2.05, 4.69) is 5.32 Å². The lowest BCUT2D eigenvalue weighted by atomic mass is 9.83. The lowest BCUT2D eigenvalue weighted by Gasteiger charge is -2.27. The van der Waals surface area contributed by atoms with E-state index in [0.717, 1.165) is 18.2 Å². The summed E-state index contributed by atoms with van der Waals surface area (Å²) in [7, 11) is 0. The Balaban J connectivity index is 2.33. The molecule has 2 aromatic carbocycles. The molecule has 0 unspecified atom stereocenters. The minimum atomic E-state index is -1.20. The van der Waals surface area contributed by atoms with Crippen molar-refractivity contribution < 1.29 is 23.0 Å². The number of nitro benzene ring substituents is 2. The highest BCUT2D eigenvalue weighted by atomic mass is 19.1. The van der Waals surface area contributed by atoms with Gasteiger partial charge in [-0.3, -0.25) is 20.2 Å². The predicted molar refractivity (Wildman–Crippen MR) is 87.6 cm³/mol. The van der Waals surface area contributed by atoms with Crippen LogP contribution in [0.15, 0.2) is 30.3 Å². The maximum absolute atomic E-state index is 14.0. The Hall–Kier alpha value is -3.17. The quantitative estimate of drug-likeness (QED) is 0.604. The second-order valence-corrected chi connectivity index (χ2v) is 6.20. The van der Waals surface area contributed by atoms with Gasteiger partial charge in [0.1, 0.15) is 23.1 Å². The highest BCUT2D eigenvalue weighted by Crippen LogP contribution is 2.33. The Labute approximate surface area is 145 Å². The number of non-ortho nitro benzene ring substituents is 1. The number of hydrogen-bond acceptors (Lipinski definition) is 5. The molecule has 0 atom stereocenters. The third-order valence-electron chi connectivity index (χ3n) is 3.79. The van der Waals surface area contributed by atoms with Crippen LogP contribution in [0.4, 0.5) is 30.2 Å². The highest BCUT2D eigenvalue weighted by molar-refractivity contribution is 5.65. The molecule has 138 valence electrons. The number of rotatable bonds is 6. The maximum atomic E-state index is 14.0. The normalized spacial score (nSPS) is 11.3. The van der Waals surface area contributed by atoms with Crippen LogP contribution in [-0.2, 0) is 5.41 Å². The Morgan fingerprint density at radius 1 is 1.00 bits per heavy atom. The van der Waals surface area contributed by atoms with E-state index in [4.69, 9.17) is 0 Å². The fraction of sp³-hybridized carbons (Fsp3) is 0.250. The molecule has 0 amide bonds. The van der Waals surface area contributed by atoms with Crippen molar-refractivity contribution >= 4 is 17.1 Å². The van der Waals surface area contributed by atoms with Gasteiger partial charge in [-0.1, -0.05) is 13.8 Å². The Morgan fingerprint density at radius 2 is 1.58 bits per heavy atom. The number of benzene rings is 2. The van der Waals surface area contributed by atoms with Crippen molar-refractivity contribution in [3.8, 4) is 0 Å². The summed E-state index contributed by atoms with van der Waals surface area (Å²) in [4.78, 5) is 20.3. The van der Waals surface area contributed by atoms with Crippen molar-refractivity contribution in [2.24, 2.45) is 0 Å². The molecule has 0 spiro atoms. The number of hydrogen-bond donors (Lipinski definition) is 1. The Kier molecular flexibility index (Phi) is 5.15.